The largest absolute Gasteiger partial charge is 0.370 e. The Morgan fingerprint density at radius 3 is 2.96 bits per heavy atom. The van der Waals surface area contributed by atoms with Gasteiger partial charge in [0.1, 0.15) is 16.8 Å². The van der Waals surface area contributed by atoms with Gasteiger partial charge in [0.05, 0.1) is 19.2 Å². The predicted octanol–water partition coefficient (Wildman–Crippen LogP) is 2.51. The number of aryl methyl sites for hydroxylation is 1. The fourth-order valence-corrected chi connectivity index (χ4v) is 3.47. The Balaban J connectivity index is 1.81. The highest BCUT2D eigenvalue weighted by Crippen LogP contribution is 2.28. The van der Waals surface area contributed by atoms with E-state index < -0.39 is 0 Å². The van der Waals surface area contributed by atoms with E-state index in [1.807, 2.05) is 24.0 Å². The Morgan fingerprint density at radius 2 is 2.26 bits per heavy atom. The van der Waals surface area contributed by atoms with Gasteiger partial charge < -0.3 is 15.4 Å². The molecule has 2 aromatic rings. The van der Waals surface area contributed by atoms with Crippen molar-refractivity contribution in [2.24, 2.45) is 5.73 Å². The Labute approximate surface area is 140 Å². The number of amides is 1. The average Bonchev–Trinajstić information content (AvgIpc) is 3.04. The van der Waals surface area contributed by atoms with E-state index in [9.17, 15) is 4.79 Å². The molecule has 1 aromatic heterocycles. The van der Waals surface area contributed by atoms with Crippen LogP contribution in [0.25, 0.3) is 0 Å². The summed E-state index contributed by atoms with van der Waals surface area (Å²) >= 11 is 1.43. The van der Waals surface area contributed by atoms with E-state index in [0.29, 0.717) is 25.4 Å². The molecule has 1 amide bonds. The maximum atomic E-state index is 12.8. The van der Waals surface area contributed by atoms with Crippen molar-refractivity contribution in [3.8, 4) is 0 Å². The van der Waals surface area contributed by atoms with E-state index in [1.165, 1.54) is 16.9 Å². The van der Waals surface area contributed by atoms with Crippen molar-refractivity contribution in [3.05, 3.63) is 51.5 Å². The molecule has 6 heteroatoms. The number of thiazole rings is 1. The minimum absolute atomic E-state index is 0.0331. The Morgan fingerprint density at radius 1 is 1.48 bits per heavy atom. The molecule has 1 saturated heterocycles. The topological polar surface area (TPSA) is 68.5 Å². The normalized spacial score (nSPS) is 21.4. The van der Waals surface area contributed by atoms with Crippen molar-refractivity contribution in [1.29, 1.82) is 0 Å². The smallest absolute Gasteiger partial charge is 0.273 e. The minimum Gasteiger partial charge on any atom is -0.370 e. The van der Waals surface area contributed by atoms with Gasteiger partial charge in [0, 0.05) is 11.9 Å². The number of morpholine rings is 1. The third-order valence-corrected chi connectivity index (χ3v) is 5.05. The molecule has 1 aliphatic heterocycles. The Kier molecular flexibility index (Phi) is 4.75. The molecule has 23 heavy (non-hydrogen) atoms. The maximum absolute atomic E-state index is 12.8. The zero-order valence-corrected chi connectivity index (χ0v) is 14.2. The second-order valence-corrected chi connectivity index (χ2v) is 6.76. The SMILES string of the molecule is Cc1ccccc1[C@@H]1CN(C(=O)c2csc(CN)n2)[C@H](C)CO1. The van der Waals surface area contributed by atoms with Gasteiger partial charge in [-0.05, 0) is 25.0 Å². The average molecular weight is 331 g/mol. The zero-order chi connectivity index (χ0) is 16.4. The van der Waals surface area contributed by atoms with E-state index >= 15 is 0 Å². The van der Waals surface area contributed by atoms with Crippen molar-refractivity contribution < 1.29 is 9.53 Å². The summed E-state index contributed by atoms with van der Waals surface area (Å²) in [5, 5.41) is 2.57. The van der Waals surface area contributed by atoms with Crippen LogP contribution in [-0.4, -0.2) is 35.0 Å². The number of benzene rings is 1. The molecule has 1 aliphatic rings. The third kappa shape index (κ3) is 3.29. The standard InChI is InChI=1S/C17H21N3O2S/c1-11-5-3-4-6-13(11)15-8-20(12(2)9-22-15)17(21)14-10-23-16(7-18)19-14/h3-6,10,12,15H,7-9,18H2,1-2H3/t12-,15+/m1/s1. The molecule has 1 aromatic carbocycles. The van der Waals surface area contributed by atoms with Crippen LogP contribution in [0.1, 0.15) is 39.7 Å². The fourth-order valence-electron chi connectivity index (χ4n) is 2.83. The van der Waals surface area contributed by atoms with Crippen LogP contribution >= 0.6 is 11.3 Å². The molecule has 0 spiro atoms. The van der Waals surface area contributed by atoms with Crippen LogP contribution in [0.2, 0.25) is 0 Å². The van der Waals surface area contributed by atoms with Crippen LogP contribution in [0.15, 0.2) is 29.6 Å². The third-order valence-electron chi connectivity index (χ3n) is 4.17. The fraction of sp³-hybridized carbons (Fsp3) is 0.412. The van der Waals surface area contributed by atoms with Gasteiger partial charge in [0.25, 0.3) is 5.91 Å². The number of hydrogen-bond acceptors (Lipinski definition) is 5. The second-order valence-electron chi connectivity index (χ2n) is 5.82. The number of rotatable bonds is 3. The Hall–Kier alpha value is -1.76. The molecule has 122 valence electrons. The quantitative estimate of drug-likeness (QED) is 0.938. The predicted molar refractivity (Wildman–Crippen MR) is 90.4 cm³/mol. The number of carbonyl (C=O) groups excluding carboxylic acids is 1. The maximum Gasteiger partial charge on any atom is 0.273 e. The number of aromatic nitrogens is 1. The molecule has 0 bridgehead atoms. The van der Waals surface area contributed by atoms with Gasteiger partial charge in [-0.15, -0.1) is 11.3 Å². The highest BCUT2D eigenvalue weighted by molar-refractivity contribution is 7.09. The first-order valence-corrected chi connectivity index (χ1v) is 8.60. The number of ether oxygens (including phenoxy) is 1. The van der Waals surface area contributed by atoms with Gasteiger partial charge >= 0.3 is 0 Å². The first-order chi connectivity index (χ1) is 11.1. The van der Waals surface area contributed by atoms with Gasteiger partial charge in [-0.2, -0.15) is 0 Å². The molecule has 0 aliphatic carbocycles. The highest BCUT2D eigenvalue weighted by atomic mass is 32.1. The van der Waals surface area contributed by atoms with Crippen molar-refractivity contribution in [2.75, 3.05) is 13.2 Å². The zero-order valence-electron chi connectivity index (χ0n) is 13.4. The lowest BCUT2D eigenvalue weighted by Crippen LogP contribution is -2.48. The summed E-state index contributed by atoms with van der Waals surface area (Å²) in [6.45, 7) is 5.50. The van der Waals surface area contributed by atoms with E-state index in [4.69, 9.17) is 10.5 Å². The van der Waals surface area contributed by atoms with Crippen molar-refractivity contribution >= 4 is 17.2 Å². The minimum atomic E-state index is -0.0936. The van der Waals surface area contributed by atoms with Gasteiger partial charge in [-0.3, -0.25) is 4.79 Å². The van der Waals surface area contributed by atoms with E-state index in [1.54, 1.807) is 5.38 Å². The highest BCUT2D eigenvalue weighted by Gasteiger charge is 2.32. The number of hydrogen-bond donors (Lipinski definition) is 1. The lowest BCUT2D eigenvalue weighted by atomic mass is 10.0. The first-order valence-electron chi connectivity index (χ1n) is 7.72. The number of carbonyl (C=O) groups is 1. The number of nitrogens with zero attached hydrogens (tertiary/aromatic N) is 2. The molecule has 2 heterocycles. The summed E-state index contributed by atoms with van der Waals surface area (Å²) in [7, 11) is 0. The van der Waals surface area contributed by atoms with Crippen LogP contribution in [0.4, 0.5) is 0 Å². The van der Waals surface area contributed by atoms with Gasteiger partial charge in [-0.25, -0.2) is 4.98 Å². The van der Waals surface area contributed by atoms with Crippen molar-refractivity contribution in [2.45, 2.75) is 32.5 Å². The molecule has 0 unspecified atom stereocenters. The lowest BCUT2D eigenvalue weighted by molar-refractivity contribution is -0.0490. The van der Waals surface area contributed by atoms with Crippen LogP contribution < -0.4 is 5.73 Å². The summed E-state index contributed by atoms with van der Waals surface area (Å²) in [6, 6.07) is 8.18. The molecule has 2 atom stereocenters. The summed E-state index contributed by atoms with van der Waals surface area (Å²) < 4.78 is 5.97. The molecule has 1 fully saturated rings. The molecule has 0 radical (unpaired) electrons. The Bertz CT molecular complexity index is 701. The molecule has 0 saturated carbocycles. The summed E-state index contributed by atoms with van der Waals surface area (Å²) in [5.41, 5.74) is 8.38. The van der Waals surface area contributed by atoms with Crippen LogP contribution in [0.3, 0.4) is 0 Å². The van der Waals surface area contributed by atoms with E-state index in [2.05, 4.69) is 24.0 Å². The second kappa shape index (κ2) is 6.78. The monoisotopic (exact) mass is 331 g/mol. The van der Waals surface area contributed by atoms with Crippen molar-refractivity contribution in [3.63, 3.8) is 0 Å². The summed E-state index contributed by atoms with van der Waals surface area (Å²) in [4.78, 5) is 18.9. The van der Waals surface area contributed by atoms with Gasteiger partial charge in [-0.1, -0.05) is 24.3 Å². The molecular formula is C17H21N3O2S. The molecule has 2 N–H and O–H groups in total. The lowest BCUT2D eigenvalue weighted by Gasteiger charge is -2.38. The summed E-state index contributed by atoms with van der Waals surface area (Å²) in [6.07, 6.45) is -0.0936. The van der Waals surface area contributed by atoms with Crippen LogP contribution in [0, 0.1) is 6.92 Å². The summed E-state index contributed by atoms with van der Waals surface area (Å²) in [5.74, 6) is -0.0460. The van der Waals surface area contributed by atoms with Crippen LogP contribution in [0.5, 0.6) is 0 Å². The van der Waals surface area contributed by atoms with Crippen molar-refractivity contribution in [1.82, 2.24) is 9.88 Å². The molecular weight excluding hydrogens is 310 g/mol. The van der Waals surface area contributed by atoms with Gasteiger partial charge in [0.15, 0.2) is 0 Å². The number of nitrogens with two attached hydrogens (primary N) is 1. The first kappa shape index (κ1) is 16.1. The van der Waals surface area contributed by atoms with E-state index in [0.717, 1.165) is 10.6 Å². The molecule has 3 rings (SSSR count). The molecule has 5 nitrogen and oxygen atoms in total. The van der Waals surface area contributed by atoms with Crippen LogP contribution in [-0.2, 0) is 11.3 Å². The van der Waals surface area contributed by atoms with Gasteiger partial charge in [0.2, 0.25) is 0 Å². The van der Waals surface area contributed by atoms with E-state index in [-0.39, 0.29) is 18.1 Å².